The average molecular weight is 336 g/mol. The molecule has 0 saturated heterocycles. The van der Waals surface area contributed by atoms with Crippen LogP contribution in [0.5, 0.6) is 0 Å². The summed E-state index contributed by atoms with van der Waals surface area (Å²) in [6.45, 7) is 2.55. The summed E-state index contributed by atoms with van der Waals surface area (Å²) in [5.74, 6) is 0.251. The maximum Gasteiger partial charge on any atom is 0.245 e. The first-order valence-electron chi connectivity index (χ1n) is 5.73. The molecular formula is C12H15BrFNO2S. The molecule has 0 N–H and O–H groups in total. The summed E-state index contributed by atoms with van der Waals surface area (Å²) < 4.78 is 39.9. The van der Waals surface area contributed by atoms with Crippen molar-refractivity contribution in [3.05, 3.63) is 28.5 Å². The number of hydrogen-bond donors (Lipinski definition) is 0. The van der Waals surface area contributed by atoms with Crippen molar-refractivity contribution < 1.29 is 12.8 Å². The van der Waals surface area contributed by atoms with Gasteiger partial charge in [0.25, 0.3) is 0 Å². The topological polar surface area (TPSA) is 37.4 Å². The molecule has 2 unspecified atom stereocenters. The van der Waals surface area contributed by atoms with E-state index in [2.05, 4.69) is 22.9 Å². The maximum atomic E-state index is 13.7. The summed E-state index contributed by atoms with van der Waals surface area (Å²) in [6, 6.07) is 3.99. The van der Waals surface area contributed by atoms with Crippen LogP contribution in [0.4, 0.5) is 4.39 Å². The molecule has 18 heavy (non-hydrogen) atoms. The lowest BCUT2D eigenvalue weighted by atomic mass is 10.3. The highest BCUT2D eigenvalue weighted by Gasteiger charge is 2.36. The van der Waals surface area contributed by atoms with Gasteiger partial charge in [-0.05, 0) is 36.5 Å². The van der Waals surface area contributed by atoms with E-state index in [1.807, 2.05) is 0 Å². The van der Waals surface area contributed by atoms with Crippen molar-refractivity contribution in [2.24, 2.45) is 11.8 Å². The molecule has 1 fully saturated rings. The largest absolute Gasteiger partial charge is 0.245 e. The normalized spacial score (nSPS) is 23.4. The average Bonchev–Trinajstić information content (AvgIpc) is 2.93. The van der Waals surface area contributed by atoms with Gasteiger partial charge in [-0.15, -0.1) is 0 Å². The van der Waals surface area contributed by atoms with Crippen LogP contribution in [0, 0.1) is 17.7 Å². The van der Waals surface area contributed by atoms with Crippen LogP contribution in [0.3, 0.4) is 0 Å². The van der Waals surface area contributed by atoms with Gasteiger partial charge in [0, 0.05) is 18.1 Å². The molecule has 0 aliphatic heterocycles. The van der Waals surface area contributed by atoms with Crippen molar-refractivity contribution in [2.45, 2.75) is 18.2 Å². The van der Waals surface area contributed by atoms with Crippen molar-refractivity contribution in [1.29, 1.82) is 0 Å². The summed E-state index contributed by atoms with van der Waals surface area (Å²) in [5.41, 5.74) is 0. The molecule has 0 aromatic heterocycles. The zero-order chi connectivity index (χ0) is 13.5. The Hall–Kier alpha value is -0.460. The number of sulfonamides is 1. The van der Waals surface area contributed by atoms with Gasteiger partial charge >= 0.3 is 0 Å². The molecule has 0 bridgehead atoms. The molecule has 1 aliphatic carbocycles. The first kappa shape index (κ1) is 14.0. The molecule has 0 amide bonds. The Balaban J connectivity index is 2.24. The third kappa shape index (κ3) is 2.75. The van der Waals surface area contributed by atoms with Gasteiger partial charge in [-0.25, -0.2) is 17.1 Å². The van der Waals surface area contributed by atoms with E-state index in [4.69, 9.17) is 0 Å². The minimum Gasteiger partial charge on any atom is -0.207 e. The lowest BCUT2D eigenvalue weighted by Crippen LogP contribution is -2.29. The minimum absolute atomic E-state index is 0.262. The summed E-state index contributed by atoms with van der Waals surface area (Å²) >= 11 is 3.11. The smallest absolute Gasteiger partial charge is 0.207 e. The minimum atomic E-state index is -3.73. The fraction of sp³-hybridized carbons (Fsp3) is 0.500. The molecule has 6 heteroatoms. The fourth-order valence-electron chi connectivity index (χ4n) is 1.93. The lowest BCUT2D eigenvalue weighted by molar-refractivity contribution is 0.440. The van der Waals surface area contributed by atoms with Crippen LogP contribution in [0.25, 0.3) is 0 Å². The quantitative estimate of drug-likeness (QED) is 0.848. The van der Waals surface area contributed by atoms with Crippen molar-refractivity contribution in [2.75, 3.05) is 13.6 Å². The van der Waals surface area contributed by atoms with Crippen LogP contribution < -0.4 is 0 Å². The highest BCUT2D eigenvalue weighted by molar-refractivity contribution is 9.10. The Labute approximate surface area is 115 Å². The zero-order valence-electron chi connectivity index (χ0n) is 10.2. The fourth-order valence-corrected chi connectivity index (χ4v) is 3.54. The molecule has 2 atom stereocenters. The number of halogens is 2. The highest BCUT2D eigenvalue weighted by Crippen LogP contribution is 2.38. The van der Waals surface area contributed by atoms with E-state index in [0.717, 1.165) is 6.42 Å². The second-order valence-corrected chi connectivity index (χ2v) is 7.76. The van der Waals surface area contributed by atoms with Crippen molar-refractivity contribution in [1.82, 2.24) is 4.31 Å². The zero-order valence-corrected chi connectivity index (χ0v) is 12.6. The molecule has 100 valence electrons. The number of rotatable bonds is 4. The molecule has 1 aromatic rings. The summed E-state index contributed by atoms with van der Waals surface area (Å²) in [5, 5.41) is 0. The monoisotopic (exact) mass is 335 g/mol. The Kier molecular flexibility index (Phi) is 3.80. The molecule has 2 rings (SSSR count). The van der Waals surface area contributed by atoms with Crippen LogP contribution >= 0.6 is 15.9 Å². The van der Waals surface area contributed by atoms with E-state index in [9.17, 15) is 12.8 Å². The van der Waals surface area contributed by atoms with E-state index < -0.39 is 15.8 Å². The molecule has 0 spiro atoms. The first-order chi connectivity index (χ1) is 8.32. The molecular weight excluding hydrogens is 321 g/mol. The van der Waals surface area contributed by atoms with Gasteiger partial charge in [0.2, 0.25) is 10.0 Å². The van der Waals surface area contributed by atoms with Crippen LogP contribution in [0.1, 0.15) is 13.3 Å². The second kappa shape index (κ2) is 4.90. The van der Waals surface area contributed by atoms with Crippen LogP contribution in [-0.4, -0.2) is 26.3 Å². The van der Waals surface area contributed by atoms with E-state index in [0.29, 0.717) is 22.9 Å². The Morgan fingerprint density at radius 1 is 1.50 bits per heavy atom. The molecule has 0 heterocycles. The second-order valence-electron chi connectivity index (χ2n) is 4.83. The predicted molar refractivity (Wildman–Crippen MR) is 71.2 cm³/mol. The van der Waals surface area contributed by atoms with E-state index >= 15 is 0 Å². The Bertz CT molecular complexity index is 561. The molecule has 3 nitrogen and oxygen atoms in total. The highest BCUT2D eigenvalue weighted by atomic mass is 79.9. The maximum absolute atomic E-state index is 13.7. The number of benzene rings is 1. The summed E-state index contributed by atoms with van der Waals surface area (Å²) in [4.78, 5) is -0.262. The van der Waals surface area contributed by atoms with Crippen LogP contribution in [-0.2, 0) is 10.0 Å². The number of nitrogens with zero attached hydrogens (tertiary/aromatic N) is 1. The van der Waals surface area contributed by atoms with Crippen LogP contribution in [0.15, 0.2) is 27.6 Å². The summed E-state index contributed by atoms with van der Waals surface area (Å²) in [6.07, 6.45) is 1.04. The molecule has 1 aromatic carbocycles. The van der Waals surface area contributed by atoms with Gasteiger partial charge < -0.3 is 0 Å². The molecule has 1 aliphatic rings. The lowest BCUT2D eigenvalue weighted by Gasteiger charge is -2.17. The van der Waals surface area contributed by atoms with Gasteiger partial charge in [-0.3, -0.25) is 0 Å². The standard InChI is InChI=1S/C12H15BrFNO2S/c1-8-5-9(8)7-15(2)18(16,17)12-4-3-10(13)6-11(12)14/h3-4,6,8-9H,5,7H2,1-2H3. The van der Waals surface area contributed by atoms with Gasteiger partial charge in [0.15, 0.2) is 0 Å². The Morgan fingerprint density at radius 3 is 2.61 bits per heavy atom. The SMILES string of the molecule is CC1CC1CN(C)S(=O)(=O)c1ccc(Br)cc1F. The van der Waals surface area contributed by atoms with Gasteiger partial charge in [-0.1, -0.05) is 22.9 Å². The number of hydrogen-bond acceptors (Lipinski definition) is 2. The third-order valence-electron chi connectivity index (χ3n) is 3.35. The van der Waals surface area contributed by atoms with E-state index in [1.165, 1.54) is 29.6 Å². The third-order valence-corrected chi connectivity index (χ3v) is 5.70. The van der Waals surface area contributed by atoms with Crippen molar-refractivity contribution >= 4 is 26.0 Å². The van der Waals surface area contributed by atoms with Crippen LogP contribution in [0.2, 0.25) is 0 Å². The predicted octanol–water partition coefficient (Wildman–Crippen LogP) is 2.86. The molecule has 1 saturated carbocycles. The van der Waals surface area contributed by atoms with Crippen molar-refractivity contribution in [3.8, 4) is 0 Å². The van der Waals surface area contributed by atoms with Gasteiger partial charge in [0.05, 0.1) is 0 Å². The van der Waals surface area contributed by atoms with Crippen molar-refractivity contribution in [3.63, 3.8) is 0 Å². The van der Waals surface area contributed by atoms with E-state index in [1.54, 1.807) is 0 Å². The van der Waals surface area contributed by atoms with E-state index in [-0.39, 0.29) is 4.90 Å². The summed E-state index contributed by atoms with van der Waals surface area (Å²) in [7, 11) is -2.23. The van der Waals surface area contributed by atoms with Gasteiger partial charge in [0.1, 0.15) is 10.7 Å². The van der Waals surface area contributed by atoms with Gasteiger partial charge in [-0.2, -0.15) is 0 Å². The Morgan fingerprint density at radius 2 is 2.11 bits per heavy atom. The first-order valence-corrected chi connectivity index (χ1v) is 7.97. The molecule has 0 radical (unpaired) electrons.